The number of aryl methyl sites for hydroxylation is 1. The van der Waals surface area contributed by atoms with Gasteiger partial charge in [0.05, 0.1) is 11.1 Å². The van der Waals surface area contributed by atoms with Crippen LogP contribution in [0.5, 0.6) is 0 Å². The van der Waals surface area contributed by atoms with E-state index in [0.29, 0.717) is 22.2 Å². The minimum atomic E-state index is -0.259. The summed E-state index contributed by atoms with van der Waals surface area (Å²) >= 11 is 1.34. The lowest BCUT2D eigenvalue weighted by Crippen LogP contribution is -2.26. The largest absolute Gasteiger partial charge is 0.349 e. The van der Waals surface area contributed by atoms with Crippen LogP contribution >= 0.6 is 11.3 Å². The van der Waals surface area contributed by atoms with E-state index in [4.69, 9.17) is 0 Å². The molecule has 21 heavy (non-hydrogen) atoms. The molecule has 0 unspecified atom stereocenters. The lowest BCUT2D eigenvalue weighted by molar-refractivity contribution is 0.0952. The van der Waals surface area contributed by atoms with E-state index in [1.165, 1.54) is 17.5 Å². The first-order valence-electron chi connectivity index (χ1n) is 6.76. The van der Waals surface area contributed by atoms with Crippen molar-refractivity contribution in [3.05, 3.63) is 46.6 Å². The van der Waals surface area contributed by atoms with Crippen molar-refractivity contribution in [2.24, 2.45) is 0 Å². The number of nitrogens with one attached hydrogen (secondary N) is 2. The van der Waals surface area contributed by atoms with Gasteiger partial charge >= 0.3 is 0 Å². The summed E-state index contributed by atoms with van der Waals surface area (Å²) in [4.78, 5) is 28.3. The van der Waals surface area contributed by atoms with Gasteiger partial charge in [-0.2, -0.15) is 0 Å². The quantitative estimate of drug-likeness (QED) is 0.912. The van der Waals surface area contributed by atoms with Gasteiger partial charge in [0.15, 0.2) is 0 Å². The van der Waals surface area contributed by atoms with E-state index in [-0.39, 0.29) is 11.8 Å². The van der Waals surface area contributed by atoms with E-state index < -0.39 is 0 Å². The normalized spacial score (nSPS) is 13.8. The number of hydrogen-bond acceptors (Lipinski definition) is 4. The van der Waals surface area contributed by atoms with Crippen LogP contribution in [0.25, 0.3) is 0 Å². The molecule has 0 atom stereocenters. The SMILES string of the molecule is Cc1ccc(C(=O)Nc2sccc2C(=O)NC2CC2)cn1. The number of amides is 2. The van der Waals surface area contributed by atoms with Crippen molar-refractivity contribution in [2.45, 2.75) is 25.8 Å². The van der Waals surface area contributed by atoms with Crippen LogP contribution in [0, 0.1) is 6.92 Å². The highest BCUT2D eigenvalue weighted by atomic mass is 32.1. The molecule has 0 saturated heterocycles. The molecule has 2 aromatic rings. The Balaban J connectivity index is 1.72. The Labute approximate surface area is 126 Å². The summed E-state index contributed by atoms with van der Waals surface area (Å²) < 4.78 is 0. The summed E-state index contributed by atoms with van der Waals surface area (Å²) in [7, 11) is 0. The number of thiophene rings is 1. The van der Waals surface area contributed by atoms with Crippen LogP contribution in [0.1, 0.15) is 39.3 Å². The third-order valence-electron chi connectivity index (χ3n) is 3.22. The van der Waals surface area contributed by atoms with Crippen LogP contribution in [-0.4, -0.2) is 22.8 Å². The standard InChI is InChI=1S/C15H15N3O2S/c1-9-2-3-10(8-16-9)13(19)18-15-12(6-7-21-15)14(20)17-11-4-5-11/h2-3,6-8,11H,4-5H2,1H3,(H,17,20)(H,18,19). The van der Waals surface area contributed by atoms with Crippen LogP contribution in [0.3, 0.4) is 0 Å². The highest BCUT2D eigenvalue weighted by Crippen LogP contribution is 2.26. The Morgan fingerprint density at radius 2 is 2.05 bits per heavy atom. The molecule has 2 aromatic heterocycles. The molecule has 1 saturated carbocycles. The van der Waals surface area contributed by atoms with Gasteiger partial charge in [-0.25, -0.2) is 0 Å². The lowest BCUT2D eigenvalue weighted by atomic mass is 10.2. The van der Waals surface area contributed by atoms with Gasteiger partial charge in [-0.3, -0.25) is 14.6 Å². The first kappa shape index (κ1) is 13.8. The fourth-order valence-electron chi connectivity index (χ4n) is 1.85. The predicted octanol–water partition coefficient (Wildman–Crippen LogP) is 2.60. The molecule has 3 rings (SSSR count). The second kappa shape index (κ2) is 5.65. The van der Waals surface area contributed by atoms with Crippen LogP contribution in [-0.2, 0) is 0 Å². The molecule has 0 spiro atoms. The number of nitrogens with zero attached hydrogens (tertiary/aromatic N) is 1. The van der Waals surface area contributed by atoms with Crippen molar-refractivity contribution in [3.63, 3.8) is 0 Å². The maximum Gasteiger partial charge on any atom is 0.257 e. The van der Waals surface area contributed by atoms with E-state index in [1.54, 1.807) is 23.6 Å². The summed E-state index contributed by atoms with van der Waals surface area (Å²) in [6, 6.07) is 5.52. The summed E-state index contributed by atoms with van der Waals surface area (Å²) in [5.41, 5.74) is 1.84. The van der Waals surface area contributed by atoms with Gasteiger partial charge in [0.2, 0.25) is 0 Å². The molecule has 1 aliphatic rings. The van der Waals surface area contributed by atoms with E-state index in [0.717, 1.165) is 18.5 Å². The lowest BCUT2D eigenvalue weighted by Gasteiger charge is -2.07. The van der Waals surface area contributed by atoms with E-state index >= 15 is 0 Å². The third-order valence-corrected chi connectivity index (χ3v) is 4.05. The van der Waals surface area contributed by atoms with Gasteiger partial charge in [-0.1, -0.05) is 0 Å². The maximum absolute atomic E-state index is 12.2. The molecule has 108 valence electrons. The first-order chi connectivity index (χ1) is 10.1. The van der Waals surface area contributed by atoms with Crippen molar-refractivity contribution in [2.75, 3.05) is 5.32 Å². The average molecular weight is 301 g/mol. The molecule has 1 fully saturated rings. The molecular formula is C15H15N3O2S. The fourth-order valence-corrected chi connectivity index (χ4v) is 2.63. The molecule has 6 heteroatoms. The molecule has 2 heterocycles. The molecule has 0 bridgehead atoms. The summed E-state index contributed by atoms with van der Waals surface area (Å²) in [5, 5.41) is 8.07. The van der Waals surface area contributed by atoms with Gasteiger partial charge in [0.1, 0.15) is 5.00 Å². The minimum Gasteiger partial charge on any atom is -0.349 e. The molecular weight excluding hydrogens is 286 g/mol. The fraction of sp³-hybridized carbons (Fsp3) is 0.267. The highest BCUT2D eigenvalue weighted by Gasteiger charge is 2.25. The first-order valence-corrected chi connectivity index (χ1v) is 7.64. The highest BCUT2D eigenvalue weighted by molar-refractivity contribution is 7.14. The van der Waals surface area contributed by atoms with Gasteiger partial charge in [0, 0.05) is 17.9 Å². The molecule has 2 amide bonds. The number of carbonyl (C=O) groups excluding carboxylic acids is 2. The van der Waals surface area contributed by atoms with Crippen molar-refractivity contribution < 1.29 is 9.59 Å². The topological polar surface area (TPSA) is 71.1 Å². The molecule has 1 aliphatic carbocycles. The van der Waals surface area contributed by atoms with Gasteiger partial charge in [-0.15, -0.1) is 11.3 Å². The monoisotopic (exact) mass is 301 g/mol. The number of aromatic nitrogens is 1. The average Bonchev–Trinajstić information content (AvgIpc) is 3.15. The number of rotatable bonds is 4. The molecule has 2 N–H and O–H groups in total. The summed E-state index contributed by atoms with van der Waals surface area (Å²) in [6.07, 6.45) is 3.60. The van der Waals surface area contributed by atoms with E-state index in [9.17, 15) is 9.59 Å². The van der Waals surface area contributed by atoms with Crippen molar-refractivity contribution in [3.8, 4) is 0 Å². The second-order valence-corrected chi connectivity index (χ2v) is 5.97. The Morgan fingerprint density at radius 1 is 1.24 bits per heavy atom. The second-order valence-electron chi connectivity index (χ2n) is 5.05. The zero-order valence-electron chi connectivity index (χ0n) is 11.6. The number of hydrogen-bond donors (Lipinski definition) is 2. The minimum absolute atomic E-state index is 0.129. The van der Waals surface area contributed by atoms with Gasteiger partial charge < -0.3 is 10.6 Å². The van der Waals surface area contributed by atoms with Crippen LogP contribution in [0.15, 0.2) is 29.8 Å². The molecule has 0 aromatic carbocycles. The Kier molecular flexibility index (Phi) is 3.70. The smallest absolute Gasteiger partial charge is 0.257 e. The van der Waals surface area contributed by atoms with Crippen LogP contribution in [0.4, 0.5) is 5.00 Å². The molecule has 0 radical (unpaired) electrons. The van der Waals surface area contributed by atoms with Gasteiger partial charge in [0.25, 0.3) is 11.8 Å². The van der Waals surface area contributed by atoms with Gasteiger partial charge in [-0.05, 0) is 43.3 Å². The Bertz CT molecular complexity index is 674. The van der Waals surface area contributed by atoms with Crippen molar-refractivity contribution in [1.82, 2.24) is 10.3 Å². The zero-order chi connectivity index (χ0) is 14.8. The van der Waals surface area contributed by atoms with E-state index in [1.807, 2.05) is 6.92 Å². The molecule has 0 aliphatic heterocycles. The molecule has 5 nitrogen and oxygen atoms in total. The maximum atomic E-state index is 12.2. The summed E-state index contributed by atoms with van der Waals surface area (Å²) in [5.74, 6) is -0.387. The third kappa shape index (κ3) is 3.28. The van der Waals surface area contributed by atoms with E-state index in [2.05, 4.69) is 15.6 Å². The Morgan fingerprint density at radius 3 is 2.71 bits per heavy atom. The zero-order valence-corrected chi connectivity index (χ0v) is 12.4. The van der Waals surface area contributed by atoms with Crippen molar-refractivity contribution >= 4 is 28.2 Å². The van der Waals surface area contributed by atoms with Crippen molar-refractivity contribution in [1.29, 1.82) is 0 Å². The predicted molar refractivity (Wildman–Crippen MR) is 81.7 cm³/mol. The van der Waals surface area contributed by atoms with Crippen LogP contribution < -0.4 is 10.6 Å². The summed E-state index contributed by atoms with van der Waals surface area (Å²) in [6.45, 7) is 1.86. The number of pyridine rings is 1. The number of carbonyl (C=O) groups is 2. The van der Waals surface area contributed by atoms with Crippen LogP contribution in [0.2, 0.25) is 0 Å². The number of anilines is 1. The Hall–Kier alpha value is -2.21.